The van der Waals surface area contributed by atoms with Crippen molar-refractivity contribution in [1.82, 2.24) is 19.7 Å². The van der Waals surface area contributed by atoms with Crippen LogP contribution >= 0.6 is 0 Å². The summed E-state index contributed by atoms with van der Waals surface area (Å²) in [5, 5.41) is 10.2. The van der Waals surface area contributed by atoms with Crippen LogP contribution in [0.3, 0.4) is 0 Å². The number of hydrogen-bond donors (Lipinski definition) is 1. The van der Waals surface area contributed by atoms with Crippen LogP contribution in [0.2, 0.25) is 0 Å². The highest BCUT2D eigenvalue weighted by Crippen LogP contribution is 2.15. The fourth-order valence-corrected chi connectivity index (χ4v) is 1.91. The number of pyridine rings is 1. The van der Waals surface area contributed by atoms with E-state index in [9.17, 15) is 4.79 Å². The van der Waals surface area contributed by atoms with Crippen molar-refractivity contribution in [2.24, 2.45) is 0 Å². The van der Waals surface area contributed by atoms with E-state index in [2.05, 4.69) is 20.5 Å². The van der Waals surface area contributed by atoms with E-state index in [1.807, 2.05) is 12.1 Å². The maximum absolute atomic E-state index is 12.2. The van der Waals surface area contributed by atoms with E-state index in [-0.39, 0.29) is 5.91 Å². The van der Waals surface area contributed by atoms with Crippen molar-refractivity contribution in [3.05, 3.63) is 60.8 Å². The fraction of sp³-hybridized carbons (Fsp3) is 0.0667. The minimum Gasteiger partial charge on any atom is -0.497 e. The summed E-state index contributed by atoms with van der Waals surface area (Å²) in [6.07, 6.45) is 4.76. The van der Waals surface area contributed by atoms with Crippen LogP contribution in [0, 0.1) is 0 Å². The average Bonchev–Trinajstić information content (AvgIpc) is 3.09. The van der Waals surface area contributed by atoms with Crippen LogP contribution < -0.4 is 10.1 Å². The zero-order chi connectivity index (χ0) is 15.4. The smallest absolute Gasteiger partial charge is 0.256 e. The standard InChI is InChI=1S/C15H13N5O2/c1-22-13-6-7-16-14(8-13)19-15(21)11-2-4-12(5-3-11)20-9-17-18-10-20/h2-10H,1H3,(H,16,19,21). The molecule has 1 N–H and O–H groups in total. The van der Waals surface area contributed by atoms with Crippen molar-refractivity contribution in [2.75, 3.05) is 12.4 Å². The monoisotopic (exact) mass is 295 g/mol. The molecule has 1 aromatic carbocycles. The Hall–Kier alpha value is -3.22. The number of hydrogen-bond acceptors (Lipinski definition) is 5. The molecule has 0 saturated heterocycles. The number of methoxy groups -OCH3 is 1. The van der Waals surface area contributed by atoms with E-state index in [4.69, 9.17) is 4.74 Å². The van der Waals surface area contributed by atoms with Gasteiger partial charge in [-0.05, 0) is 30.3 Å². The molecule has 0 fully saturated rings. The normalized spacial score (nSPS) is 10.2. The number of amides is 1. The van der Waals surface area contributed by atoms with Crippen molar-refractivity contribution >= 4 is 11.7 Å². The van der Waals surface area contributed by atoms with Gasteiger partial charge in [0.2, 0.25) is 0 Å². The zero-order valence-corrected chi connectivity index (χ0v) is 11.8. The lowest BCUT2D eigenvalue weighted by Crippen LogP contribution is -2.13. The Morgan fingerprint density at radius 1 is 1.14 bits per heavy atom. The van der Waals surface area contributed by atoms with Crippen molar-refractivity contribution in [3.8, 4) is 11.4 Å². The molecule has 3 rings (SSSR count). The summed E-state index contributed by atoms with van der Waals surface area (Å²) >= 11 is 0. The summed E-state index contributed by atoms with van der Waals surface area (Å²) in [6.45, 7) is 0. The molecule has 0 atom stereocenters. The number of nitrogens with zero attached hydrogens (tertiary/aromatic N) is 4. The first kappa shape index (κ1) is 13.7. The van der Waals surface area contributed by atoms with Gasteiger partial charge in [0, 0.05) is 23.5 Å². The van der Waals surface area contributed by atoms with Crippen LogP contribution in [-0.2, 0) is 0 Å². The molecule has 0 radical (unpaired) electrons. The van der Waals surface area contributed by atoms with Crippen molar-refractivity contribution in [1.29, 1.82) is 0 Å². The summed E-state index contributed by atoms with van der Waals surface area (Å²) in [6, 6.07) is 10.5. The lowest BCUT2D eigenvalue weighted by atomic mass is 10.2. The van der Waals surface area contributed by atoms with Gasteiger partial charge in [-0.15, -0.1) is 10.2 Å². The van der Waals surface area contributed by atoms with Crippen LogP contribution in [0.1, 0.15) is 10.4 Å². The van der Waals surface area contributed by atoms with Gasteiger partial charge in [-0.25, -0.2) is 4.98 Å². The molecule has 110 valence electrons. The molecule has 0 bridgehead atoms. The number of benzene rings is 1. The van der Waals surface area contributed by atoms with Crippen LogP contribution in [0.4, 0.5) is 5.82 Å². The zero-order valence-electron chi connectivity index (χ0n) is 11.8. The number of anilines is 1. The molecule has 2 heterocycles. The molecule has 0 saturated carbocycles. The molecule has 0 aliphatic carbocycles. The molecule has 7 nitrogen and oxygen atoms in total. The van der Waals surface area contributed by atoms with Gasteiger partial charge in [-0.3, -0.25) is 9.36 Å². The van der Waals surface area contributed by atoms with Crippen molar-refractivity contribution in [2.45, 2.75) is 0 Å². The van der Waals surface area contributed by atoms with Crippen LogP contribution in [-0.4, -0.2) is 32.8 Å². The Bertz CT molecular complexity index is 769. The van der Waals surface area contributed by atoms with E-state index in [0.29, 0.717) is 17.1 Å². The Labute approximate surface area is 126 Å². The molecule has 0 aliphatic heterocycles. The Morgan fingerprint density at radius 3 is 2.55 bits per heavy atom. The molecular weight excluding hydrogens is 282 g/mol. The third-order valence-electron chi connectivity index (χ3n) is 3.06. The largest absolute Gasteiger partial charge is 0.497 e. The molecular formula is C15H13N5O2. The molecule has 2 aromatic heterocycles. The van der Waals surface area contributed by atoms with Crippen molar-refractivity contribution in [3.63, 3.8) is 0 Å². The second-order valence-electron chi connectivity index (χ2n) is 4.45. The first-order valence-corrected chi connectivity index (χ1v) is 6.53. The molecule has 0 unspecified atom stereocenters. The quantitative estimate of drug-likeness (QED) is 0.795. The summed E-state index contributed by atoms with van der Waals surface area (Å²) in [4.78, 5) is 16.3. The Balaban J connectivity index is 1.74. The van der Waals surface area contributed by atoms with Crippen molar-refractivity contribution < 1.29 is 9.53 Å². The van der Waals surface area contributed by atoms with Gasteiger partial charge in [0.05, 0.1) is 7.11 Å². The minimum absolute atomic E-state index is 0.240. The predicted molar refractivity (Wildman–Crippen MR) is 80.1 cm³/mol. The van der Waals surface area contributed by atoms with Gasteiger partial charge in [0.1, 0.15) is 24.2 Å². The Kier molecular flexibility index (Phi) is 3.78. The number of ether oxygens (including phenoxy) is 1. The van der Waals surface area contributed by atoms with E-state index in [1.54, 1.807) is 54.8 Å². The van der Waals surface area contributed by atoms with E-state index >= 15 is 0 Å². The second-order valence-corrected chi connectivity index (χ2v) is 4.45. The summed E-state index contributed by atoms with van der Waals surface area (Å²) < 4.78 is 6.85. The molecule has 1 amide bonds. The fourth-order valence-electron chi connectivity index (χ4n) is 1.91. The van der Waals surface area contributed by atoms with E-state index in [1.165, 1.54) is 0 Å². The number of nitrogens with one attached hydrogen (secondary N) is 1. The van der Waals surface area contributed by atoms with Gasteiger partial charge in [-0.2, -0.15) is 0 Å². The summed E-state index contributed by atoms with van der Waals surface area (Å²) in [5.74, 6) is 0.830. The van der Waals surface area contributed by atoms with Crippen LogP contribution in [0.5, 0.6) is 5.75 Å². The SMILES string of the molecule is COc1ccnc(NC(=O)c2ccc(-n3cnnc3)cc2)c1. The van der Waals surface area contributed by atoms with Gasteiger partial charge in [0.25, 0.3) is 5.91 Å². The molecule has 3 aromatic rings. The predicted octanol–water partition coefficient (Wildman–Crippen LogP) is 1.92. The van der Waals surface area contributed by atoms with Gasteiger partial charge >= 0.3 is 0 Å². The minimum atomic E-state index is -0.240. The topological polar surface area (TPSA) is 81.9 Å². The number of aromatic nitrogens is 4. The highest BCUT2D eigenvalue weighted by molar-refractivity contribution is 6.03. The number of rotatable bonds is 4. The lowest BCUT2D eigenvalue weighted by molar-refractivity contribution is 0.102. The average molecular weight is 295 g/mol. The maximum atomic E-state index is 12.2. The third-order valence-corrected chi connectivity index (χ3v) is 3.06. The van der Waals surface area contributed by atoms with Crippen LogP contribution in [0.25, 0.3) is 5.69 Å². The van der Waals surface area contributed by atoms with Gasteiger partial charge in [-0.1, -0.05) is 0 Å². The molecule has 0 aliphatic rings. The first-order chi connectivity index (χ1) is 10.8. The molecule has 22 heavy (non-hydrogen) atoms. The van der Waals surface area contributed by atoms with Gasteiger partial charge < -0.3 is 10.1 Å². The first-order valence-electron chi connectivity index (χ1n) is 6.53. The highest BCUT2D eigenvalue weighted by atomic mass is 16.5. The molecule has 0 spiro atoms. The molecule has 7 heteroatoms. The lowest BCUT2D eigenvalue weighted by Gasteiger charge is -2.07. The third kappa shape index (κ3) is 2.93. The second kappa shape index (κ2) is 6.04. The maximum Gasteiger partial charge on any atom is 0.256 e. The summed E-state index contributed by atoms with van der Waals surface area (Å²) in [5.41, 5.74) is 1.41. The number of carbonyl (C=O) groups excluding carboxylic acids is 1. The van der Waals surface area contributed by atoms with Gasteiger partial charge in [0.15, 0.2) is 0 Å². The van der Waals surface area contributed by atoms with Crippen LogP contribution in [0.15, 0.2) is 55.2 Å². The summed E-state index contributed by atoms with van der Waals surface area (Å²) in [7, 11) is 1.56. The highest BCUT2D eigenvalue weighted by Gasteiger charge is 2.08. The Morgan fingerprint density at radius 2 is 1.86 bits per heavy atom. The number of carbonyl (C=O) groups is 1. The van der Waals surface area contributed by atoms with E-state index < -0.39 is 0 Å². The van der Waals surface area contributed by atoms with E-state index in [0.717, 1.165) is 5.69 Å².